The van der Waals surface area contributed by atoms with Crippen molar-refractivity contribution >= 4 is 6.08 Å². The predicted molar refractivity (Wildman–Crippen MR) is 54.5 cm³/mol. The van der Waals surface area contributed by atoms with Gasteiger partial charge in [-0.25, -0.2) is 0 Å². The number of aromatic nitrogens is 1. The van der Waals surface area contributed by atoms with Crippen LogP contribution in [0.15, 0.2) is 24.4 Å². The van der Waals surface area contributed by atoms with Crippen LogP contribution in [0, 0.1) is 0 Å². The Hall–Kier alpha value is -1.15. The zero-order valence-corrected chi connectivity index (χ0v) is 7.99. The summed E-state index contributed by atoms with van der Waals surface area (Å²) in [6.45, 7) is 2.23. The van der Waals surface area contributed by atoms with E-state index in [1.165, 1.54) is 5.56 Å². The van der Waals surface area contributed by atoms with E-state index < -0.39 is 0 Å². The maximum Gasteiger partial charge on any atom is 0.0662 e. The van der Waals surface area contributed by atoms with Crippen LogP contribution in [0.3, 0.4) is 0 Å². The third-order valence-electron chi connectivity index (χ3n) is 2.70. The van der Waals surface area contributed by atoms with Crippen LogP contribution in [0.25, 0.3) is 6.08 Å². The van der Waals surface area contributed by atoms with Crippen molar-refractivity contribution in [1.82, 2.24) is 10.3 Å². The molecule has 0 aromatic carbocycles. The summed E-state index contributed by atoms with van der Waals surface area (Å²) in [5, 5.41) is 3.28. The quantitative estimate of drug-likeness (QED) is 0.702. The summed E-state index contributed by atoms with van der Waals surface area (Å²) in [4.78, 5) is 4.32. The normalized spacial score (nSPS) is 25.7. The molecule has 1 aromatic heterocycles. The highest BCUT2D eigenvalue weighted by Crippen LogP contribution is 2.27. The smallest absolute Gasteiger partial charge is 0.0662 e. The molecular formula is C11H14N2. The van der Waals surface area contributed by atoms with E-state index in [1.54, 1.807) is 0 Å². The Balaban J connectivity index is 2.42. The van der Waals surface area contributed by atoms with Crippen molar-refractivity contribution in [3.8, 4) is 0 Å². The topological polar surface area (TPSA) is 24.9 Å². The van der Waals surface area contributed by atoms with Gasteiger partial charge in [0, 0.05) is 18.2 Å². The van der Waals surface area contributed by atoms with Crippen LogP contribution in [0.4, 0.5) is 0 Å². The van der Waals surface area contributed by atoms with E-state index in [-0.39, 0.29) is 0 Å². The molecule has 1 aliphatic rings. The van der Waals surface area contributed by atoms with Gasteiger partial charge in [-0.1, -0.05) is 19.1 Å². The number of pyridine rings is 1. The lowest BCUT2D eigenvalue weighted by atomic mass is 9.87. The Morgan fingerprint density at radius 1 is 1.46 bits per heavy atom. The third-order valence-corrected chi connectivity index (χ3v) is 2.70. The van der Waals surface area contributed by atoms with Crippen molar-refractivity contribution in [2.45, 2.75) is 18.9 Å². The highest BCUT2D eigenvalue weighted by molar-refractivity contribution is 5.55. The van der Waals surface area contributed by atoms with Gasteiger partial charge < -0.3 is 5.32 Å². The Bertz CT molecular complexity index is 331. The number of rotatable bonds is 1. The van der Waals surface area contributed by atoms with Gasteiger partial charge in [0.25, 0.3) is 0 Å². The van der Waals surface area contributed by atoms with Gasteiger partial charge in [-0.05, 0) is 24.8 Å². The van der Waals surface area contributed by atoms with E-state index >= 15 is 0 Å². The molecule has 68 valence electrons. The molecule has 0 radical (unpaired) electrons. The molecule has 0 saturated heterocycles. The van der Waals surface area contributed by atoms with Gasteiger partial charge in [-0.2, -0.15) is 0 Å². The van der Waals surface area contributed by atoms with Gasteiger partial charge in [0.15, 0.2) is 0 Å². The summed E-state index contributed by atoms with van der Waals surface area (Å²) in [6.07, 6.45) is 6.12. The highest BCUT2D eigenvalue weighted by atomic mass is 14.9. The first-order chi connectivity index (χ1) is 6.33. The lowest BCUT2D eigenvalue weighted by Crippen LogP contribution is -2.30. The summed E-state index contributed by atoms with van der Waals surface area (Å²) in [7, 11) is 1.99. The van der Waals surface area contributed by atoms with Crippen molar-refractivity contribution in [3.63, 3.8) is 0 Å². The molecule has 2 atom stereocenters. The van der Waals surface area contributed by atoms with Gasteiger partial charge in [0.05, 0.1) is 5.69 Å². The Labute approximate surface area is 78.7 Å². The molecule has 2 unspecified atom stereocenters. The SMILES string of the molecule is CNC1C=Cc2ncccc2C1C. The largest absolute Gasteiger partial charge is 0.313 e. The van der Waals surface area contributed by atoms with Crippen LogP contribution in [0.1, 0.15) is 24.1 Å². The van der Waals surface area contributed by atoms with Gasteiger partial charge in [-0.3, -0.25) is 4.98 Å². The minimum Gasteiger partial charge on any atom is -0.313 e. The molecule has 2 nitrogen and oxygen atoms in total. The summed E-state index contributed by atoms with van der Waals surface area (Å²) < 4.78 is 0. The zero-order valence-electron chi connectivity index (χ0n) is 7.99. The van der Waals surface area contributed by atoms with Gasteiger partial charge in [0.1, 0.15) is 0 Å². The molecule has 0 spiro atoms. The Morgan fingerprint density at radius 3 is 3.08 bits per heavy atom. The molecule has 0 amide bonds. The van der Waals surface area contributed by atoms with Gasteiger partial charge in [0.2, 0.25) is 0 Å². The molecular weight excluding hydrogens is 160 g/mol. The minimum absolute atomic E-state index is 0.441. The first-order valence-electron chi connectivity index (χ1n) is 4.63. The van der Waals surface area contributed by atoms with E-state index in [1.807, 2.05) is 19.3 Å². The molecule has 2 heteroatoms. The summed E-state index contributed by atoms with van der Waals surface area (Å²) >= 11 is 0. The Kier molecular flexibility index (Phi) is 2.15. The average Bonchev–Trinajstić information content (AvgIpc) is 2.19. The minimum atomic E-state index is 0.441. The lowest BCUT2D eigenvalue weighted by Gasteiger charge is -2.25. The number of nitrogens with one attached hydrogen (secondary N) is 1. The molecule has 0 bridgehead atoms. The van der Waals surface area contributed by atoms with E-state index in [9.17, 15) is 0 Å². The molecule has 1 N–H and O–H groups in total. The molecule has 0 saturated carbocycles. The maximum atomic E-state index is 4.32. The van der Waals surface area contributed by atoms with E-state index in [4.69, 9.17) is 0 Å². The average molecular weight is 174 g/mol. The van der Waals surface area contributed by atoms with Crippen LogP contribution < -0.4 is 5.32 Å². The molecule has 2 rings (SSSR count). The fourth-order valence-corrected chi connectivity index (χ4v) is 1.86. The summed E-state index contributed by atoms with van der Waals surface area (Å²) in [6, 6.07) is 4.60. The standard InChI is InChI=1S/C11H14N2/c1-8-9-4-3-7-13-11(9)6-5-10(8)12-2/h3-8,10,12H,1-2H3. The number of nitrogens with zero attached hydrogens (tertiary/aromatic N) is 1. The monoisotopic (exact) mass is 174 g/mol. The van der Waals surface area contributed by atoms with Crippen molar-refractivity contribution < 1.29 is 0 Å². The van der Waals surface area contributed by atoms with Crippen LogP contribution >= 0.6 is 0 Å². The van der Waals surface area contributed by atoms with Crippen molar-refractivity contribution in [3.05, 3.63) is 35.7 Å². The number of likely N-dealkylation sites (N-methyl/N-ethyl adjacent to an activating group) is 1. The fraction of sp³-hybridized carbons (Fsp3) is 0.364. The number of fused-ring (bicyclic) bond motifs is 1. The molecule has 0 fully saturated rings. The van der Waals surface area contributed by atoms with Crippen LogP contribution in [-0.2, 0) is 0 Å². The molecule has 1 aliphatic carbocycles. The van der Waals surface area contributed by atoms with Crippen molar-refractivity contribution in [2.75, 3.05) is 7.05 Å². The maximum absolute atomic E-state index is 4.32. The Morgan fingerprint density at radius 2 is 2.31 bits per heavy atom. The first kappa shape index (κ1) is 8.45. The molecule has 0 aliphatic heterocycles. The molecule has 1 heterocycles. The molecule has 13 heavy (non-hydrogen) atoms. The second-order valence-corrected chi connectivity index (χ2v) is 3.44. The van der Waals surface area contributed by atoms with Crippen LogP contribution in [0.5, 0.6) is 0 Å². The van der Waals surface area contributed by atoms with E-state index in [0.717, 1.165) is 5.69 Å². The van der Waals surface area contributed by atoms with Crippen molar-refractivity contribution in [1.29, 1.82) is 0 Å². The summed E-state index contributed by atoms with van der Waals surface area (Å²) in [5.74, 6) is 0.513. The zero-order chi connectivity index (χ0) is 9.26. The first-order valence-corrected chi connectivity index (χ1v) is 4.63. The third kappa shape index (κ3) is 1.38. The molecule has 1 aromatic rings. The second kappa shape index (κ2) is 3.30. The predicted octanol–water partition coefficient (Wildman–Crippen LogP) is 1.80. The fourth-order valence-electron chi connectivity index (χ4n) is 1.86. The van der Waals surface area contributed by atoms with E-state index in [2.05, 4.69) is 35.4 Å². The van der Waals surface area contributed by atoms with Gasteiger partial charge in [-0.15, -0.1) is 0 Å². The second-order valence-electron chi connectivity index (χ2n) is 3.44. The summed E-state index contributed by atoms with van der Waals surface area (Å²) in [5.41, 5.74) is 2.45. The number of hydrogen-bond donors (Lipinski definition) is 1. The highest BCUT2D eigenvalue weighted by Gasteiger charge is 2.20. The number of hydrogen-bond acceptors (Lipinski definition) is 2. The van der Waals surface area contributed by atoms with Crippen molar-refractivity contribution in [2.24, 2.45) is 0 Å². The van der Waals surface area contributed by atoms with Crippen LogP contribution in [-0.4, -0.2) is 18.1 Å². The van der Waals surface area contributed by atoms with Crippen LogP contribution in [0.2, 0.25) is 0 Å². The van der Waals surface area contributed by atoms with Gasteiger partial charge >= 0.3 is 0 Å². The lowest BCUT2D eigenvalue weighted by molar-refractivity contribution is 0.564. The van der Waals surface area contributed by atoms with E-state index in [0.29, 0.717) is 12.0 Å².